The maximum atomic E-state index is 12.4. The molecule has 6 heteroatoms. The number of hydrogen-bond donors (Lipinski definition) is 2. The van der Waals surface area contributed by atoms with Crippen LogP contribution in [0.5, 0.6) is 0 Å². The highest BCUT2D eigenvalue weighted by Gasteiger charge is 2.15. The smallest absolute Gasteiger partial charge is 0.237 e. The van der Waals surface area contributed by atoms with E-state index in [4.69, 9.17) is 0 Å². The van der Waals surface area contributed by atoms with E-state index in [1.165, 1.54) is 18.7 Å². The van der Waals surface area contributed by atoms with E-state index in [2.05, 4.69) is 15.6 Å². The van der Waals surface area contributed by atoms with Gasteiger partial charge in [-0.3, -0.25) is 9.59 Å². The third-order valence-electron chi connectivity index (χ3n) is 3.71. The first-order chi connectivity index (χ1) is 12.5. The topological polar surface area (TPSA) is 71.1 Å². The molecular weight excluding hydrogens is 346 g/mol. The van der Waals surface area contributed by atoms with Crippen LogP contribution in [0.25, 0.3) is 10.9 Å². The van der Waals surface area contributed by atoms with Crippen molar-refractivity contribution >= 4 is 45.9 Å². The third kappa shape index (κ3) is 4.61. The second kappa shape index (κ2) is 8.01. The lowest BCUT2D eigenvalue weighted by Crippen LogP contribution is -2.22. The van der Waals surface area contributed by atoms with Crippen LogP contribution >= 0.6 is 11.8 Å². The van der Waals surface area contributed by atoms with Gasteiger partial charge in [-0.2, -0.15) is 0 Å². The van der Waals surface area contributed by atoms with Gasteiger partial charge in [0.1, 0.15) is 0 Å². The molecule has 2 amide bonds. The van der Waals surface area contributed by atoms with E-state index in [1.54, 1.807) is 24.3 Å². The number of nitrogens with one attached hydrogen (secondary N) is 2. The molecule has 0 saturated carbocycles. The molecule has 0 saturated heterocycles. The van der Waals surface area contributed by atoms with Crippen molar-refractivity contribution in [2.24, 2.45) is 0 Å². The van der Waals surface area contributed by atoms with Crippen LogP contribution < -0.4 is 10.6 Å². The number of fused-ring (bicyclic) bond motifs is 1. The highest BCUT2D eigenvalue weighted by Crippen LogP contribution is 2.25. The van der Waals surface area contributed by atoms with Gasteiger partial charge in [0.05, 0.1) is 15.8 Å². The zero-order valence-electron chi connectivity index (χ0n) is 14.5. The summed E-state index contributed by atoms with van der Waals surface area (Å²) in [6, 6.07) is 18.9. The Bertz CT molecular complexity index is 941. The normalized spacial score (nSPS) is 11.8. The predicted molar refractivity (Wildman–Crippen MR) is 106 cm³/mol. The van der Waals surface area contributed by atoms with E-state index in [1.807, 2.05) is 43.3 Å². The Hall–Kier alpha value is -2.86. The average Bonchev–Trinajstić information content (AvgIpc) is 2.62. The summed E-state index contributed by atoms with van der Waals surface area (Å²) in [7, 11) is 0. The van der Waals surface area contributed by atoms with Crippen LogP contribution in [0, 0.1) is 0 Å². The molecule has 2 N–H and O–H groups in total. The average molecular weight is 365 g/mol. The number of anilines is 2. The summed E-state index contributed by atoms with van der Waals surface area (Å²) < 4.78 is 0. The molecule has 3 aromatic rings. The number of aromatic nitrogens is 1. The Balaban J connectivity index is 1.62. The fourth-order valence-electron chi connectivity index (χ4n) is 2.43. The predicted octanol–water partition coefficient (Wildman–Crippen LogP) is 4.31. The minimum atomic E-state index is -0.293. The Morgan fingerprint density at radius 2 is 1.58 bits per heavy atom. The van der Waals surface area contributed by atoms with Crippen LogP contribution in [-0.2, 0) is 9.59 Å². The molecule has 0 bridgehead atoms. The van der Waals surface area contributed by atoms with Gasteiger partial charge in [0, 0.05) is 23.7 Å². The van der Waals surface area contributed by atoms with Gasteiger partial charge in [0.15, 0.2) is 0 Å². The van der Waals surface area contributed by atoms with Crippen molar-refractivity contribution in [2.45, 2.75) is 24.1 Å². The maximum absolute atomic E-state index is 12.4. The van der Waals surface area contributed by atoms with E-state index >= 15 is 0 Å². The molecule has 132 valence electrons. The lowest BCUT2D eigenvalue weighted by molar-refractivity contribution is -0.115. The highest BCUT2D eigenvalue weighted by atomic mass is 32.2. The number of hydrogen-bond acceptors (Lipinski definition) is 4. The van der Waals surface area contributed by atoms with Gasteiger partial charge in [-0.05, 0) is 43.3 Å². The fourth-order valence-corrected chi connectivity index (χ4v) is 3.26. The zero-order valence-corrected chi connectivity index (χ0v) is 15.3. The largest absolute Gasteiger partial charge is 0.326 e. The number of nitrogens with zero attached hydrogens (tertiary/aromatic N) is 1. The quantitative estimate of drug-likeness (QED) is 0.661. The van der Waals surface area contributed by atoms with Crippen LogP contribution in [0.3, 0.4) is 0 Å². The molecule has 1 atom stereocenters. The van der Waals surface area contributed by atoms with Crippen molar-refractivity contribution in [2.75, 3.05) is 10.6 Å². The Morgan fingerprint density at radius 1 is 0.923 bits per heavy atom. The molecule has 2 aromatic carbocycles. The van der Waals surface area contributed by atoms with Gasteiger partial charge in [-0.25, -0.2) is 4.98 Å². The van der Waals surface area contributed by atoms with Crippen LogP contribution in [0.15, 0.2) is 65.7 Å². The lowest BCUT2D eigenvalue weighted by atomic mass is 10.2. The summed E-state index contributed by atoms with van der Waals surface area (Å²) in [6.45, 7) is 3.30. The second-order valence-electron chi connectivity index (χ2n) is 5.85. The molecule has 1 unspecified atom stereocenters. The van der Waals surface area contributed by atoms with Gasteiger partial charge in [-0.15, -0.1) is 0 Å². The van der Waals surface area contributed by atoms with Crippen molar-refractivity contribution in [1.82, 2.24) is 4.98 Å². The second-order valence-corrected chi connectivity index (χ2v) is 7.21. The molecular formula is C20H19N3O2S. The number of thioether (sulfide) groups is 1. The van der Waals surface area contributed by atoms with Crippen LogP contribution in [0.2, 0.25) is 0 Å². The van der Waals surface area contributed by atoms with Crippen LogP contribution in [0.4, 0.5) is 11.4 Å². The van der Waals surface area contributed by atoms with Gasteiger partial charge >= 0.3 is 0 Å². The zero-order chi connectivity index (χ0) is 18.5. The molecule has 5 nitrogen and oxygen atoms in total. The van der Waals surface area contributed by atoms with E-state index in [9.17, 15) is 9.59 Å². The Kier molecular flexibility index (Phi) is 5.53. The molecule has 0 aliphatic carbocycles. The van der Waals surface area contributed by atoms with Crippen LogP contribution in [0.1, 0.15) is 13.8 Å². The van der Waals surface area contributed by atoms with Gasteiger partial charge in [-0.1, -0.05) is 36.0 Å². The van der Waals surface area contributed by atoms with E-state index in [0.717, 1.165) is 15.9 Å². The molecule has 0 radical (unpaired) electrons. The molecule has 0 aliphatic rings. The molecule has 1 aromatic heterocycles. The van der Waals surface area contributed by atoms with Crippen molar-refractivity contribution in [3.8, 4) is 0 Å². The van der Waals surface area contributed by atoms with E-state index < -0.39 is 0 Å². The molecule has 0 spiro atoms. The minimum absolute atomic E-state index is 0.0998. The van der Waals surface area contributed by atoms with Gasteiger partial charge in [0.25, 0.3) is 0 Å². The number of carbonyl (C=O) groups excluding carboxylic acids is 2. The maximum Gasteiger partial charge on any atom is 0.237 e. The number of rotatable bonds is 5. The highest BCUT2D eigenvalue weighted by molar-refractivity contribution is 8.00. The summed E-state index contributed by atoms with van der Waals surface area (Å²) in [6.07, 6.45) is 0. The first-order valence-electron chi connectivity index (χ1n) is 8.22. The summed E-state index contributed by atoms with van der Waals surface area (Å²) in [5.74, 6) is -0.230. The molecule has 0 fully saturated rings. The number of carbonyl (C=O) groups is 2. The van der Waals surface area contributed by atoms with Crippen molar-refractivity contribution < 1.29 is 9.59 Å². The number of amides is 2. The number of benzene rings is 2. The Morgan fingerprint density at radius 3 is 2.27 bits per heavy atom. The van der Waals surface area contributed by atoms with Gasteiger partial charge < -0.3 is 10.6 Å². The molecule has 0 aliphatic heterocycles. The monoisotopic (exact) mass is 365 g/mol. The summed E-state index contributed by atoms with van der Waals surface area (Å²) in [4.78, 5) is 28.0. The minimum Gasteiger partial charge on any atom is -0.326 e. The first kappa shape index (κ1) is 17.9. The summed E-state index contributed by atoms with van der Waals surface area (Å²) >= 11 is 1.42. The van der Waals surface area contributed by atoms with Crippen molar-refractivity contribution in [3.05, 3.63) is 60.7 Å². The number of pyridine rings is 1. The van der Waals surface area contributed by atoms with Crippen LogP contribution in [-0.4, -0.2) is 22.0 Å². The molecule has 26 heavy (non-hydrogen) atoms. The van der Waals surface area contributed by atoms with Crippen molar-refractivity contribution in [3.63, 3.8) is 0 Å². The van der Waals surface area contributed by atoms with E-state index in [0.29, 0.717) is 11.4 Å². The summed E-state index contributed by atoms with van der Waals surface area (Å²) in [5.41, 5.74) is 2.29. The fraction of sp³-hybridized carbons (Fsp3) is 0.150. The van der Waals surface area contributed by atoms with E-state index in [-0.39, 0.29) is 17.1 Å². The number of para-hydroxylation sites is 1. The SMILES string of the molecule is CC(=O)Nc1ccc(NC(=O)C(C)Sc2ccc3ccccc3n2)cc1. The Labute approximate surface area is 156 Å². The summed E-state index contributed by atoms with van der Waals surface area (Å²) in [5, 5.41) is 7.17. The standard InChI is InChI=1S/C20H19N3O2S/c1-13(26-19-12-7-15-5-3-4-6-18(15)23-19)20(25)22-17-10-8-16(9-11-17)21-14(2)24/h3-13H,1-2H3,(H,21,24)(H,22,25). The first-order valence-corrected chi connectivity index (χ1v) is 9.10. The lowest BCUT2D eigenvalue weighted by Gasteiger charge is -2.12. The van der Waals surface area contributed by atoms with Crippen molar-refractivity contribution in [1.29, 1.82) is 0 Å². The molecule has 1 heterocycles. The third-order valence-corrected chi connectivity index (χ3v) is 4.75. The van der Waals surface area contributed by atoms with Gasteiger partial charge in [0.2, 0.25) is 11.8 Å². The molecule has 3 rings (SSSR count).